The van der Waals surface area contributed by atoms with Crippen molar-refractivity contribution >= 4 is 0 Å². The van der Waals surface area contributed by atoms with E-state index in [4.69, 9.17) is 0 Å². The molecule has 0 aromatic carbocycles. The lowest BCUT2D eigenvalue weighted by Crippen LogP contribution is -2.29. The molecule has 1 nitrogen and oxygen atoms in total. The van der Waals surface area contributed by atoms with E-state index in [2.05, 4.69) is 13.8 Å². The van der Waals surface area contributed by atoms with Crippen LogP contribution in [0.5, 0.6) is 0 Å². The molecule has 0 aliphatic heterocycles. The number of hydrogen-bond acceptors (Lipinski definition) is 1. The van der Waals surface area contributed by atoms with Crippen molar-refractivity contribution in [3.05, 3.63) is 0 Å². The highest BCUT2D eigenvalue weighted by molar-refractivity contribution is 4.82. The van der Waals surface area contributed by atoms with Crippen LogP contribution in [0.1, 0.15) is 46.0 Å². The normalized spacial score (nSPS) is 39.0. The molecule has 0 spiro atoms. The van der Waals surface area contributed by atoms with Crippen molar-refractivity contribution in [1.29, 1.82) is 0 Å². The first-order valence-electron chi connectivity index (χ1n) is 4.83. The van der Waals surface area contributed by atoms with Gasteiger partial charge in [0, 0.05) is 6.61 Å². The molecule has 0 unspecified atom stereocenters. The number of rotatable bonds is 2. The van der Waals surface area contributed by atoms with E-state index in [1.54, 1.807) is 0 Å². The summed E-state index contributed by atoms with van der Waals surface area (Å²) in [6.07, 6.45) is 6.25. The lowest BCUT2D eigenvalue weighted by molar-refractivity contribution is 0.0636. The molecular formula is C10H20O. The van der Waals surface area contributed by atoms with Crippen molar-refractivity contribution in [2.45, 2.75) is 46.0 Å². The lowest BCUT2D eigenvalue weighted by atomic mass is 9.70. The van der Waals surface area contributed by atoms with Crippen LogP contribution in [0.4, 0.5) is 0 Å². The van der Waals surface area contributed by atoms with E-state index in [9.17, 15) is 5.11 Å². The fourth-order valence-electron chi connectivity index (χ4n) is 2.00. The predicted octanol–water partition coefficient (Wildman–Crippen LogP) is 2.59. The van der Waals surface area contributed by atoms with Crippen LogP contribution in [0.25, 0.3) is 0 Å². The summed E-state index contributed by atoms with van der Waals surface area (Å²) in [5, 5.41) is 9.23. The molecule has 1 rings (SSSR count). The predicted molar refractivity (Wildman–Crippen MR) is 47.4 cm³/mol. The third-order valence-electron chi connectivity index (χ3n) is 3.42. The van der Waals surface area contributed by atoms with E-state index in [-0.39, 0.29) is 0 Å². The standard InChI is InChI=1S/C10H20O/c1-3-10(8-11)6-4-9(2)5-7-10/h9,11H,3-8H2,1-2H3. The number of aliphatic hydroxyl groups excluding tert-OH is 1. The molecule has 66 valence electrons. The lowest BCUT2D eigenvalue weighted by Gasteiger charge is -2.37. The summed E-state index contributed by atoms with van der Waals surface area (Å²) in [7, 11) is 0. The average molecular weight is 156 g/mol. The molecule has 0 amide bonds. The number of hydrogen-bond donors (Lipinski definition) is 1. The van der Waals surface area contributed by atoms with Crippen LogP contribution in [-0.2, 0) is 0 Å². The van der Waals surface area contributed by atoms with E-state index >= 15 is 0 Å². The summed E-state index contributed by atoms with van der Waals surface area (Å²) in [6.45, 7) is 4.92. The van der Waals surface area contributed by atoms with Crippen LogP contribution in [0.15, 0.2) is 0 Å². The first-order valence-corrected chi connectivity index (χ1v) is 4.83. The molecule has 1 aliphatic carbocycles. The minimum Gasteiger partial charge on any atom is -0.396 e. The van der Waals surface area contributed by atoms with Gasteiger partial charge >= 0.3 is 0 Å². The van der Waals surface area contributed by atoms with Gasteiger partial charge in [0.2, 0.25) is 0 Å². The minimum atomic E-state index is 0.298. The van der Waals surface area contributed by atoms with E-state index in [0.29, 0.717) is 12.0 Å². The quantitative estimate of drug-likeness (QED) is 0.651. The Labute approximate surface area is 69.8 Å². The molecule has 1 heteroatoms. The fourth-order valence-corrected chi connectivity index (χ4v) is 2.00. The molecule has 0 atom stereocenters. The average Bonchev–Trinajstić information content (AvgIpc) is 2.07. The zero-order valence-corrected chi connectivity index (χ0v) is 7.77. The second kappa shape index (κ2) is 3.57. The first kappa shape index (κ1) is 9.05. The van der Waals surface area contributed by atoms with Crippen LogP contribution < -0.4 is 0 Å². The third kappa shape index (κ3) is 1.96. The molecule has 0 bridgehead atoms. The third-order valence-corrected chi connectivity index (χ3v) is 3.42. The Morgan fingerprint density at radius 3 is 2.27 bits per heavy atom. The molecule has 11 heavy (non-hydrogen) atoms. The van der Waals surface area contributed by atoms with Gasteiger partial charge in [-0.25, -0.2) is 0 Å². The summed E-state index contributed by atoms with van der Waals surface area (Å²) in [6, 6.07) is 0. The molecule has 1 N–H and O–H groups in total. The molecule has 0 heterocycles. The Balaban J connectivity index is 2.45. The Bertz CT molecular complexity index is 106. The van der Waals surface area contributed by atoms with Gasteiger partial charge in [0.1, 0.15) is 0 Å². The smallest absolute Gasteiger partial charge is 0.0487 e. The Morgan fingerprint density at radius 2 is 1.91 bits per heavy atom. The van der Waals surface area contributed by atoms with Crippen molar-refractivity contribution < 1.29 is 5.11 Å². The van der Waals surface area contributed by atoms with E-state index in [0.717, 1.165) is 12.3 Å². The van der Waals surface area contributed by atoms with Gasteiger partial charge in [-0.2, -0.15) is 0 Å². The SMILES string of the molecule is CCC1(CO)CCC(C)CC1. The largest absolute Gasteiger partial charge is 0.396 e. The van der Waals surface area contributed by atoms with Crippen LogP contribution >= 0.6 is 0 Å². The van der Waals surface area contributed by atoms with Crippen molar-refractivity contribution in [3.63, 3.8) is 0 Å². The first-order chi connectivity index (χ1) is 5.22. The van der Waals surface area contributed by atoms with Gasteiger partial charge in [-0.3, -0.25) is 0 Å². The van der Waals surface area contributed by atoms with Crippen molar-refractivity contribution in [2.24, 2.45) is 11.3 Å². The maximum Gasteiger partial charge on any atom is 0.0487 e. The van der Waals surface area contributed by atoms with Crippen LogP contribution in [0.3, 0.4) is 0 Å². The summed E-state index contributed by atoms with van der Waals surface area (Å²) in [5.41, 5.74) is 0.298. The molecule has 1 fully saturated rings. The molecule has 0 radical (unpaired) electrons. The molecule has 0 aromatic rings. The highest BCUT2D eigenvalue weighted by atomic mass is 16.3. The van der Waals surface area contributed by atoms with Gasteiger partial charge in [0.05, 0.1) is 0 Å². The van der Waals surface area contributed by atoms with Gasteiger partial charge in [-0.05, 0) is 30.6 Å². The van der Waals surface area contributed by atoms with Gasteiger partial charge in [0.15, 0.2) is 0 Å². The summed E-state index contributed by atoms with van der Waals surface area (Å²) >= 11 is 0. The maximum absolute atomic E-state index is 9.23. The van der Waals surface area contributed by atoms with E-state index < -0.39 is 0 Å². The van der Waals surface area contributed by atoms with Gasteiger partial charge in [-0.15, -0.1) is 0 Å². The van der Waals surface area contributed by atoms with E-state index in [1.165, 1.54) is 25.7 Å². The van der Waals surface area contributed by atoms with Gasteiger partial charge in [-0.1, -0.05) is 26.7 Å². The topological polar surface area (TPSA) is 20.2 Å². The molecule has 1 aliphatic rings. The highest BCUT2D eigenvalue weighted by Crippen LogP contribution is 2.40. The monoisotopic (exact) mass is 156 g/mol. The maximum atomic E-state index is 9.23. The van der Waals surface area contributed by atoms with Crippen molar-refractivity contribution in [1.82, 2.24) is 0 Å². The fraction of sp³-hybridized carbons (Fsp3) is 1.00. The highest BCUT2D eigenvalue weighted by Gasteiger charge is 2.31. The zero-order chi connectivity index (χ0) is 8.32. The van der Waals surface area contributed by atoms with E-state index in [1.807, 2.05) is 0 Å². The van der Waals surface area contributed by atoms with Crippen LogP contribution in [0, 0.1) is 11.3 Å². The second-order valence-electron chi connectivity index (χ2n) is 4.19. The summed E-state index contributed by atoms with van der Waals surface area (Å²) < 4.78 is 0. The van der Waals surface area contributed by atoms with Crippen LogP contribution in [-0.4, -0.2) is 11.7 Å². The van der Waals surface area contributed by atoms with Crippen LogP contribution in [0.2, 0.25) is 0 Å². The second-order valence-corrected chi connectivity index (χ2v) is 4.19. The zero-order valence-electron chi connectivity index (χ0n) is 7.77. The Hall–Kier alpha value is -0.0400. The number of aliphatic hydroxyl groups is 1. The van der Waals surface area contributed by atoms with Gasteiger partial charge in [0.25, 0.3) is 0 Å². The molecule has 0 saturated heterocycles. The Kier molecular flexibility index (Phi) is 2.94. The minimum absolute atomic E-state index is 0.298. The Morgan fingerprint density at radius 1 is 1.36 bits per heavy atom. The molecule has 1 saturated carbocycles. The summed E-state index contributed by atoms with van der Waals surface area (Å²) in [4.78, 5) is 0. The van der Waals surface area contributed by atoms with Gasteiger partial charge < -0.3 is 5.11 Å². The molecule has 0 aromatic heterocycles. The van der Waals surface area contributed by atoms with Crippen molar-refractivity contribution in [3.8, 4) is 0 Å². The molecular weight excluding hydrogens is 136 g/mol. The van der Waals surface area contributed by atoms with Crippen molar-refractivity contribution in [2.75, 3.05) is 6.61 Å². The summed E-state index contributed by atoms with van der Waals surface area (Å²) in [5.74, 6) is 0.890.